The lowest BCUT2D eigenvalue weighted by Crippen LogP contribution is -2.11. The SMILES string of the molecule is C#CCCn1cc(CNCC)c2ccccc21. The molecule has 0 bridgehead atoms. The highest BCUT2D eigenvalue weighted by Gasteiger charge is 2.06. The van der Waals surface area contributed by atoms with E-state index in [0.29, 0.717) is 0 Å². The van der Waals surface area contributed by atoms with Crippen LogP contribution in [0.25, 0.3) is 10.9 Å². The second kappa shape index (κ2) is 5.56. The standard InChI is InChI=1S/C15H18N2/c1-3-5-10-17-12-13(11-16-4-2)14-8-6-7-9-15(14)17/h1,6-9,12,16H,4-5,10-11H2,2H3. The van der Waals surface area contributed by atoms with Gasteiger partial charge in [0.05, 0.1) is 0 Å². The first-order valence-electron chi connectivity index (χ1n) is 6.07. The van der Waals surface area contributed by atoms with Crippen molar-refractivity contribution in [2.24, 2.45) is 0 Å². The van der Waals surface area contributed by atoms with Crippen LogP contribution in [0.1, 0.15) is 18.9 Å². The van der Waals surface area contributed by atoms with Gasteiger partial charge in [-0.05, 0) is 18.2 Å². The monoisotopic (exact) mass is 226 g/mol. The van der Waals surface area contributed by atoms with Crippen LogP contribution in [0.4, 0.5) is 0 Å². The Labute approximate surface area is 103 Å². The van der Waals surface area contributed by atoms with Crippen molar-refractivity contribution in [1.29, 1.82) is 0 Å². The molecule has 1 aromatic heterocycles. The van der Waals surface area contributed by atoms with Gasteiger partial charge in [0.2, 0.25) is 0 Å². The van der Waals surface area contributed by atoms with E-state index >= 15 is 0 Å². The van der Waals surface area contributed by atoms with E-state index in [0.717, 1.165) is 26.1 Å². The van der Waals surface area contributed by atoms with Crippen molar-refractivity contribution < 1.29 is 0 Å². The highest BCUT2D eigenvalue weighted by molar-refractivity contribution is 5.83. The molecule has 2 heteroatoms. The highest BCUT2D eigenvalue weighted by atomic mass is 15.0. The molecule has 0 saturated heterocycles. The van der Waals surface area contributed by atoms with Gasteiger partial charge < -0.3 is 9.88 Å². The molecule has 0 unspecified atom stereocenters. The summed E-state index contributed by atoms with van der Waals surface area (Å²) >= 11 is 0. The number of terminal acetylenes is 1. The maximum atomic E-state index is 5.33. The van der Waals surface area contributed by atoms with E-state index in [9.17, 15) is 0 Å². The lowest BCUT2D eigenvalue weighted by atomic mass is 10.2. The molecule has 17 heavy (non-hydrogen) atoms. The normalized spacial score (nSPS) is 10.6. The number of aromatic nitrogens is 1. The lowest BCUT2D eigenvalue weighted by Gasteiger charge is -2.00. The maximum absolute atomic E-state index is 5.33. The Hall–Kier alpha value is -1.72. The van der Waals surface area contributed by atoms with Crippen LogP contribution in [-0.4, -0.2) is 11.1 Å². The number of hydrogen-bond donors (Lipinski definition) is 1. The van der Waals surface area contributed by atoms with Gasteiger partial charge in [0.15, 0.2) is 0 Å². The minimum atomic E-state index is 0.777. The Kier molecular flexibility index (Phi) is 3.85. The van der Waals surface area contributed by atoms with Gasteiger partial charge in [0, 0.05) is 36.6 Å². The number of hydrogen-bond acceptors (Lipinski definition) is 1. The fraction of sp³-hybridized carbons (Fsp3) is 0.333. The quantitative estimate of drug-likeness (QED) is 0.776. The van der Waals surface area contributed by atoms with E-state index in [1.54, 1.807) is 0 Å². The lowest BCUT2D eigenvalue weighted by molar-refractivity contribution is 0.712. The first kappa shape index (κ1) is 11.8. The zero-order chi connectivity index (χ0) is 12.1. The second-order valence-corrected chi connectivity index (χ2v) is 4.10. The first-order valence-corrected chi connectivity index (χ1v) is 6.07. The predicted octanol–water partition coefficient (Wildman–Crippen LogP) is 2.77. The molecule has 1 N–H and O–H groups in total. The van der Waals surface area contributed by atoms with Crippen LogP contribution >= 0.6 is 0 Å². The molecule has 0 aliphatic heterocycles. The molecule has 2 rings (SSSR count). The van der Waals surface area contributed by atoms with Gasteiger partial charge in [-0.1, -0.05) is 25.1 Å². The predicted molar refractivity (Wildman–Crippen MR) is 72.8 cm³/mol. The molecule has 88 valence electrons. The van der Waals surface area contributed by atoms with Crippen molar-refractivity contribution in [2.45, 2.75) is 26.4 Å². The summed E-state index contributed by atoms with van der Waals surface area (Å²) in [5, 5.41) is 4.70. The average Bonchev–Trinajstić information content (AvgIpc) is 2.72. The van der Waals surface area contributed by atoms with E-state index < -0.39 is 0 Å². The summed E-state index contributed by atoms with van der Waals surface area (Å²) < 4.78 is 2.25. The Bertz CT molecular complexity index is 531. The molecule has 0 aliphatic carbocycles. The molecule has 0 fully saturated rings. The number of nitrogens with one attached hydrogen (secondary N) is 1. The van der Waals surface area contributed by atoms with Crippen LogP contribution in [-0.2, 0) is 13.1 Å². The number of rotatable bonds is 5. The third-order valence-corrected chi connectivity index (χ3v) is 2.93. The molecule has 0 aliphatic rings. The van der Waals surface area contributed by atoms with Crippen LogP contribution in [0.2, 0.25) is 0 Å². The number of fused-ring (bicyclic) bond motifs is 1. The fourth-order valence-electron chi connectivity index (χ4n) is 2.09. The largest absolute Gasteiger partial charge is 0.346 e. The van der Waals surface area contributed by atoms with Gasteiger partial charge in [-0.15, -0.1) is 12.3 Å². The van der Waals surface area contributed by atoms with Gasteiger partial charge in [-0.25, -0.2) is 0 Å². The summed E-state index contributed by atoms with van der Waals surface area (Å²) in [5.74, 6) is 2.70. The van der Waals surface area contributed by atoms with Crippen molar-refractivity contribution in [3.05, 3.63) is 36.0 Å². The molecule has 0 atom stereocenters. The van der Waals surface area contributed by atoms with Crippen molar-refractivity contribution in [3.8, 4) is 12.3 Å². The van der Waals surface area contributed by atoms with Gasteiger partial charge >= 0.3 is 0 Å². The molecule has 2 aromatic rings. The van der Waals surface area contributed by atoms with Crippen molar-refractivity contribution in [3.63, 3.8) is 0 Å². The summed E-state index contributed by atoms with van der Waals surface area (Å²) in [4.78, 5) is 0. The maximum Gasteiger partial charge on any atom is 0.0483 e. The Morgan fingerprint density at radius 2 is 2.18 bits per heavy atom. The molecule has 0 spiro atoms. The molecule has 1 aromatic carbocycles. The van der Waals surface area contributed by atoms with Gasteiger partial charge in [0.25, 0.3) is 0 Å². The van der Waals surface area contributed by atoms with E-state index in [-0.39, 0.29) is 0 Å². The number of benzene rings is 1. The minimum absolute atomic E-state index is 0.777. The summed E-state index contributed by atoms with van der Waals surface area (Å²) in [5.41, 5.74) is 2.62. The molecule has 1 heterocycles. The van der Waals surface area contributed by atoms with Crippen molar-refractivity contribution >= 4 is 10.9 Å². The molecule has 0 radical (unpaired) electrons. The topological polar surface area (TPSA) is 17.0 Å². The van der Waals surface area contributed by atoms with Crippen molar-refractivity contribution in [1.82, 2.24) is 9.88 Å². The Morgan fingerprint density at radius 3 is 2.94 bits per heavy atom. The van der Waals surface area contributed by atoms with Crippen LogP contribution in [0.3, 0.4) is 0 Å². The fourth-order valence-corrected chi connectivity index (χ4v) is 2.09. The Morgan fingerprint density at radius 1 is 1.35 bits per heavy atom. The number of nitrogens with zero attached hydrogens (tertiary/aromatic N) is 1. The molecule has 2 nitrogen and oxygen atoms in total. The van der Waals surface area contributed by atoms with Crippen molar-refractivity contribution in [2.75, 3.05) is 6.54 Å². The highest BCUT2D eigenvalue weighted by Crippen LogP contribution is 2.21. The molecule has 0 saturated carbocycles. The summed E-state index contributed by atoms with van der Waals surface area (Å²) in [7, 11) is 0. The van der Waals surface area contributed by atoms with Crippen LogP contribution in [0.15, 0.2) is 30.5 Å². The zero-order valence-corrected chi connectivity index (χ0v) is 10.2. The first-order chi connectivity index (χ1) is 8.36. The average molecular weight is 226 g/mol. The summed E-state index contributed by atoms with van der Waals surface area (Å²) in [6, 6.07) is 8.49. The van der Waals surface area contributed by atoms with E-state index in [4.69, 9.17) is 6.42 Å². The van der Waals surface area contributed by atoms with E-state index in [1.807, 2.05) is 0 Å². The van der Waals surface area contributed by atoms with Gasteiger partial charge in [0.1, 0.15) is 0 Å². The third-order valence-electron chi connectivity index (χ3n) is 2.93. The zero-order valence-electron chi connectivity index (χ0n) is 10.2. The van der Waals surface area contributed by atoms with E-state index in [2.05, 4.69) is 53.2 Å². The third kappa shape index (κ3) is 2.51. The molecular weight excluding hydrogens is 208 g/mol. The smallest absolute Gasteiger partial charge is 0.0483 e. The van der Waals surface area contributed by atoms with Gasteiger partial charge in [-0.2, -0.15) is 0 Å². The van der Waals surface area contributed by atoms with Crippen LogP contribution in [0.5, 0.6) is 0 Å². The van der Waals surface area contributed by atoms with Crippen LogP contribution in [0, 0.1) is 12.3 Å². The molecular formula is C15H18N2. The molecule has 0 amide bonds. The Balaban J connectivity index is 2.36. The second-order valence-electron chi connectivity index (χ2n) is 4.10. The summed E-state index contributed by atoms with van der Waals surface area (Å²) in [6.07, 6.45) is 8.32. The number of para-hydroxylation sites is 1. The summed E-state index contributed by atoms with van der Waals surface area (Å²) in [6.45, 7) is 4.92. The van der Waals surface area contributed by atoms with Gasteiger partial charge in [-0.3, -0.25) is 0 Å². The van der Waals surface area contributed by atoms with E-state index in [1.165, 1.54) is 16.5 Å². The van der Waals surface area contributed by atoms with Crippen LogP contribution < -0.4 is 5.32 Å². The minimum Gasteiger partial charge on any atom is -0.346 e. The number of aryl methyl sites for hydroxylation is 1.